The summed E-state index contributed by atoms with van der Waals surface area (Å²) in [6, 6.07) is 7.36. The number of nitrogens with one attached hydrogen (secondary N) is 1. The van der Waals surface area contributed by atoms with Crippen molar-refractivity contribution in [1.82, 2.24) is 4.98 Å². The Kier molecular flexibility index (Phi) is 6.13. The second-order valence-electron chi connectivity index (χ2n) is 3.49. The predicted molar refractivity (Wildman–Crippen MR) is 83.6 cm³/mol. The number of aromatic carboxylic acids is 1. The largest absolute Gasteiger partial charge is 0.497 e. The number of thiazole rings is 1. The van der Waals surface area contributed by atoms with E-state index in [1.54, 1.807) is 13.3 Å². The molecule has 6 nitrogen and oxygen atoms in total. The fourth-order valence-corrected chi connectivity index (χ4v) is 1.91. The Hall–Kier alpha value is -1.93. The molecule has 1 heterocycles. The molecule has 0 amide bonds. The SMILES string of the molecule is Br.COc1ccc(/C=N/Nc2nc(C(=O)O)cs2)cc1. The fraction of sp³-hybridized carbons (Fsp3) is 0.0833. The molecule has 0 aliphatic rings. The summed E-state index contributed by atoms with van der Waals surface area (Å²) >= 11 is 1.18. The summed E-state index contributed by atoms with van der Waals surface area (Å²) in [4.78, 5) is 14.5. The molecule has 0 aliphatic carbocycles. The summed E-state index contributed by atoms with van der Waals surface area (Å²) in [5, 5.41) is 14.6. The monoisotopic (exact) mass is 357 g/mol. The Morgan fingerprint density at radius 1 is 1.45 bits per heavy atom. The number of methoxy groups -OCH3 is 1. The third-order valence-electron chi connectivity index (χ3n) is 2.21. The smallest absolute Gasteiger partial charge is 0.355 e. The summed E-state index contributed by atoms with van der Waals surface area (Å²) in [5.74, 6) is -0.278. The molecular formula is C12H12BrN3O3S. The second-order valence-corrected chi connectivity index (χ2v) is 4.34. The van der Waals surface area contributed by atoms with Gasteiger partial charge in [-0.3, -0.25) is 5.43 Å². The number of anilines is 1. The van der Waals surface area contributed by atoms with Crippen molar-refractivity contribution in [3.8, 4) is 5.75 Å². The van der Waals surface area contributed by atoms with E-state index in [9.17, 15) is 4.79 Å². The average molecular weight is 358 g/mol. The van der Waals surface area contributed by atoms with Crippen LogP contribution >= 0.6 is 28.3 Å². The number of aromatic nitrogens is 1. The lowest BCUT2D eigenvalue weighted by Crippen LogP contribution is -1.97. The number of carboxylic acid groups (broad SMARTS) is 1. The molecule has 0 saturated carbocycles. The van der Waals surface area contributed by atoms with Crippen LogP contribution in [0.1, 0.15) is 16.1 Å². The number of hydrogen-bond acceptors (Lipinski definition) is 6. The fourth-order valence-electron chi connectivity index (χ4n) is 1.28. The third kappa shape index (κ3) is 4.32. The van der Waals surface area contributed by atoms with Gasteiger partial charge in [-0.2, -0.15) is 5.10 Å². The van der Waals surface area contributed by atoms with E-state index in [-0.39, 0.29) is 22.7 Å². The van der Waals surface area contributed by atoms with E-state index in [1.807, 2.05) is 24.3 Å². The molecular weight excluding hydrogens is 346 g/mol. The van der Waals surface area contributed by atoms with Gasteiger partial charge < -0.3 is 9.84 Å². The standard InChI is InChI=1S/C12H11N3O3S.BrH/c1-18-9-4-2-8(3-5-9)6-13-15-12-14-10(7-19-12)11(16)17;/h2-7H,1H3,(H,14,15)(H,16,17);1H/b13-6+;. The van der Waals surface area contributed by atoms with Gasteiger partial charge in [-0.05, 0) is 29.8 Å². The first-order valence-corrected chi connectivity index (χ1v) is 6.19. The lowest BCUT2D eigenvalue weighted by molar-refractivity contribution is 0.0691. The molecule has 0 aliphatic heterocycles. The van der Waals surface area contributed by atoms with E-state index in [4.69, 9.17) is 9.84 Å². The molecule has 1 aromatic carbocycles. The van der Waals surface area contributed by atoms with Gasteiger partial charge in [-0.1, -0.05) is 0 Å². The Balaban J connectivity index is 0.00000200. The van der Waals surface area contributed by atoms with Gasteiger partial charge in [0.15, 0.2) is 5.69 Å². The maximum absolute atomic E-state index is 10.6. The molecule has 1 aromatic heterocycles. The van der Waals surface area contributed by atoms with Crippen LogP contribution < -0.4 is 10.2 Å². The van der Waals surface area contributed by atoms with Gasteiger partial charge >= 0.3 is 5.97 Å². The van der Waals surface area contributed by atoms with Crippen LogP contribution in [0.5, 0.6) is 5.75 Å². The molecule has 0 saturated heterocycles. The van der Waals surface area contributed by atoms with Crippen molar-refractivity contribution in [3.05, 3.63) is 40.9 Å². The first kappa shape index (κ1) is 16.1. The number of benzene rings is 1. The summed E-state index contributed by atoms with van der Waals surface area (Å²) in [6.07, 6.45) is 1.61. The van der Waals surface area contributed by atoms with Gasteiger partial charge in [-0.15, -0.1) is 28.3 Å². The number of hydrogen-bond donors (Lipinski definition) is 2. The normalized spacial score (nSPS) is 10.1. The van der Waals surface area contributed by atoms with Crippen molar-refractivity contribution >= 4 is 45.6 Å². The third-order valence-corrected chi connectivity index (χ3v) is 2.96. The van der Waals surface area contributed by atoms with E-state index >= 15 is 0 Å². The number of carboxylic acids is 1. The minimum Gasteiger partial charge on any atom is -0.497 e. The molecule has 20 heavy (non-hydrogen) atoms. The van der Waals surface area contributed by atoms with E-state index in [0.29, 0.717) is 5.13 Å². The number of halogens is 1. The molecule has 0 fully saturated rings. The average Bonchev–Trinajstić information content (AvgIpc) is 2.89. The van der Waals surface area contributed by atoms with E-state index < -0.39 is 5.97 Å². The van der Waals surface area contributed by atoms with Crippen molar-refractivity contribution in [1.29, 1.82) is 0 Å². The highest BCUT2D eigenvalue weighted by atomic mass is 79.9. The quantitative estimate of drug-likeness (QED) is 0.634. The van der Waals surface area contributed by atoms with Gasteiger partial charge in [0.25, 0.3) is 0 Å². The summed E-state index contributed by atoms with van der Waals surface area (Å²) < 4.78 is 5.04. The second kappa shape index (κ2) is 7.61. The van der Waals surface area contributed by atoms with Crippen LogP contribution in [0.25, 0.3) is 0 Å². The zero-order valence-electron chi connectivity index (χ0n) is 10.4. The van der Waals surface area contributed by atoms with Crippen molar-refractivity contribution in [2.75, 3.05) is 12.5 Å². The molecule has 106 valence electrons. The number of hydrazone groups is 1. The van der Waals surface area contributed by atoms with E-state index in [2.05, 4.69) is 15.5 Å². The molecule has 0 spiro atoms. The van der Waals surface area contributed by atoms with Crippen LogP contribution in [0.2, 0.25) is 0 Å². The summed E-state index contributed by atoms with van der Waals surface area (Å²) in [7, 11) is 1.60. The van der Waals surface area contributed by atoms with E-state index in [0.717, 1.165) is 11.3 Å². The zero-order chi connectivity index (χ0) is 13.7. The highest BCUT2D eigenvalue weighted by Crippen LogP contribution is 2.15. The molecule has 0 atom stereocenters. The lowest BCUT2D eigenvalue weighted by Gasteiger charge is -1.98. The van der Waals surface area contributed by atoms with Crippen LogP contribution in [0.15, 0.2) is 34.7 Å². The van der Waals surface area contributed by atoms with Crippen molar-refractivity contribution in [2.24, 2.45) is 5.10 Å². The molecule has 0 radical (unpaired) electrons. The van der Waals surface area contributed by atoms with Crippen LogP contribution in [-0.4, -0.2) is 29.4 Å². The van der Waals surface area contributed by atoms with Crippen molar-refractivity contribution in [2.45, 2.75) is 0 Å². The van der Waals surface area contributed by atoms with Gasteiger partial charge in [-0.25, -0.2) is 9.78 Å². The Bertz CT molecular complexity index is 598. The van der Waals surface area contributed by atoms with Crippen molar-refractivity contribution in [3.63, 3.8) is 0 Å². The first-order valence-electron chi connectivity index (χ1n) is 5.31. The predicted octanol–water partition coefficient (Wildman–Crippen LogP) is 2.87. The Labute approximate surface area is 129 Å². The molecule has 0 unspecified atom stereocenters. The maximum atomic E-state index is 10.6. The molecule has 2 aromatic rings. The molecule has 8 heteroatoms. The van der Waals surface area contributed by atoms with Crippen LogP contribution in [-0.2, 0) is 0 Å². The van der Waals surface area contributed by atoms with Gasteiger partial charge in [0, 0.05) is 5.38 Å². The summed E-state index contributed by atoms with van der Waals surface area (Å²) in [6.45, 7) is 0. The minimum atomic E-state index is -1.05. The van der Waals surface area contributed by atoms with Crippen LogP contribution in [0, 0.1) is 0 Å². The Morgan fingerprint density at radius 2 is 2.15 bits per heavy atom. The lowest BCUT2D eigenvalue weighted by atomic mass is 10.2. The van der Waals surface area contributed by atoms with E-state index in [1.165, 1.54) is 16.7 Å². The Morgan fingerprint density at radius 3 is 2.70 bits per heavy atom. The van der Waals surface area contributed by atoms with Crippen LogP contribution in [0.4, 0.5) is 5.13 Å². The number of nitrogens with zero attached hydrogens (tertiary/aromatic N) is 2. The van der Waals surface area contributed by atoms with Gasteiger partial charge in [0.2, 0.25) is 5.13 Å². The minimum absolute atomic E-state index is 0. The number of rotatable bonds is 5. The topological polar surface area (TPSA) is 83.8 Å². The molecule has 2 N–H and O–H groups in total. The number of ether oxygens (including phenoxy) is 1. The maximum Gasteiger partial charge on any atom is 0.355 e. The molecule has 2 rings (SSSR count). The van der Waals surface area contributed by atoms with Crippen molar-refractivity contribution < 1.29 is 14.6 Å². The summed E-state index contributed by atoms with van der Waals surface area (Å²) in [5.41, 5.74) is 3.58. The highest BCUT2D eigenvalue weighted by Gasteiger charge is 2.07. The van der Waals surface area contributed by atoms with Gasteiger partial charge in [0.05, 0.1) is 13.3 Å². The van der Waals surface area contributed by atoms with Crippen LogP contribution in [0.3, 0.4) is 0 Å². The highest BCUT2D eigenvalue weighted by molar-refractivity contribution is 8.93. The van der Waals surface area contributed by atoms with Gasteiger partial charge in [0.1, 0.15) is 5.75 Å². The first-order chi connectivity index (χ1) is 9.19. The number of carbonyl (C=O) groups is 1. The molecule has 0 bridgehead atoms. The zero-order valence-corrected chi connectivity index (χ0v) is 13.0.